The van der Waals surface area contributed by atoms with Gasteiger partial charge in [0.15, 0.2) is 0 Å². The molecular weight excluding hydrogens is 499 g/mol. The lowest BCUT2D eigenvalue weighted by molar-refractivity contribution is 0.217. The van der Waals surface area contributed by atoms with Crippen molar-refractivity contribution in [3.05, 3.63) is 43.8 Å². The number of carbonyl (C=O) groups excluding carboxylic acids is 1. The Hall–Kier alpha value is -1.62. The Bertz CT molecular complexity index is 1310. The third-order valence-electron chi connectivity index (χ3n) is 5.30. The van der Waals surface area contributed by atoms with Gasteiger partial charge < -0.3 is 10.2 Å². The lowest BCUT2D eigenvalue weighted by Crippen LogP contribution is -2.31. The lowest BCUT2D eigenvalue weighted by atomic mass is 10.1. The standard InChI is InChI=1S/C10H7Cl2N3OS.C9H8ClN3S/c11-8-7-5-1-2-15(10(12)16)3-6(5)17-9(7)14-4-13-8;10-8-7-5-1-2-11-3-6(5)14-9(7)13-4-12-8/h4H,1-3H2;4,11H,1-3H2. The largest absolute Gasteiger partial charge is 0.324 e. The van der Waals surface area contributed by atoms with E-state index in [1.807, 2.05) is 0 Å². The number of nitrogens with one attached hydrogen (secondary N) is 1. The van der Waals surface area contributed by atoms with Crippen LogP contribution in [0.3, 0.4) is 0 Å². The first-order valence-corrected chi connectivity index (χ1v) is 12.3. The molecular formula is C19H15Cl3N6OS2. The molecule has 7 nitrogen and oxygen atoms in total. The molecule has 0 bridgehead atoms. The van der Waals surface area contributed by atoms with Gasteiger partial charge in [-0.15, -0.1) is 22.7 Å². The van der Waals surface area contributed by atoms with Gasteiger partial charge in [-0.1, -0.05) is 23.2 Å². The Kier molecular flexibility index (Phi) is 5.98. The van der Waals surface area contributed by atoms with Gasteiger partial charge in [0.1, 0.15) is 32.6 Å². The van der Waals surface area contributed by atoms with E-state index in [1.165, 1.54) is 23.1 Å². The number of thiophene rings is 2. The highest BCUT2D eigenvalue weighted by Gasteiger charge is 2.25. The summed E-state index contributed by atoms with van der Waals surface area (Å²) in [6.45, 7) is 3.11. The van der Waals surface area contributed by atoms with Crippen molar-refractivity contribution in [2.45, 2.75) is 25.9 Å². The molecule has 0 fully saturated rings. The van der Waals surface area contributed by atoms with Crippen LogP contribution in [0.1, 0.15) is 20.9 Å². The summed E-state index contributed by atoms with van der Waals surface area (Å²) in [5.41, 5.74) is 2.50. The fraction of sp³-hybridized carbons (Fsp3) is 0.316. The molecule has 6 rings (SSSR count). The van der Waals surface area contributed by atoms with Crippen molar-refractivity contribution in [1.29, 1.82) is 0 Å². The molecule has 0 radical (unpaired) electrons. The predicted octanol–water partition coefficient (Wildman–Crippen LogP) is 5.05. The van der Waals surface area contributed by atoms with Gasteiger partial charge in [0.05, 0.1) is 17.3 Å². The van der Waals surface area contributed by atoms with Gasteiger partial charge >= 0.3 is 5.37 Å². The number of carbonyl (C=O) groups is 1. The first-order valence-electron chi connectivity index (χ1n) is 9.49. The second kappa shape index (κ2) is 8.73. The molecule has 1 N–H and O–H groups in total. The highest BCUT2D eigenvalue weighted by atomic mass is 35.5. The average molecular weight is 514 g/mol. The number of nitrogens with zero attached hydrogens (tertiary/aromatic N) is 5. The highest BCUT2D eigenvalue weighted by Crippen LogP contribution is 2.37. The summed E-state index contributed by atoms with van der Waals surface area (Å²) in [6.07, 6.45) is 4.76. The smallest absolute Gasteiger partial charge is 0.316 e. The van der Waals surface area contributed by atoms with Crippen LogP contribution in [0, 0.1) is 0 Å². The Morgan fingerprint density at radius 3 is 2.19 bits per heavy atom. The van der Waals surface area contributed by atoms with Crippen LogP contribution >= 0.6 is 57.5 Å². The van der Waals surface area contributed by atoms with Crippen molar-refractivity contribution >= 4 is 83.3 Å². The highest BCUT2D eigenvalue weighted by molar-refractivity contribution is 7.19. The van der Waals surface area contributed by atoms with Crippen LogP contribution in [0.15, 0.2) is 12.7 Å². The topological polar surface area (TPSA) is 83.9 Å². The molecule has 0 saturated heterocycles. The summed E-state index contributed by atoms with van der Waals surface area (Å²) in [6, 6.07) is 0. The summed E-state index contributed by atoms with van der Waals surface area (Å²) in [7, 11) is 0. The number of hydrogen-bond donors (Lipinski definition) is 1. The molecule has 160 valence electrons. The summed E-state index contributed by atoms with van der Waals surface area (Å²) in [5, 5.41) is 6.00. The van der Waals surface area contributed by atoms with Crippen LogP contribution in [0.25, 0.3) is 20.4 Å². The third-order valence-corrected chi connectivity index (χ3v) is 8.38. The molecule has 0 saturated carbocycles. The number of halogens is 3. The maximum atomic E-state index is 11.1. The number of aromatic nitrogens is 4. The van der Waals surface area contributed by atoms with Crippen LogP contribution in [0.2, 0.25) is 10.3 Å². The van der Waals surface area contributed by atoms with Crippen molar-refractivity contribution in [3.63, 3.8) is 0 Å². The van der Waals surface area contributed by atoms with Crippen molar-refractivity contribution in [3.8, 4) is 0 Å². The van der Waals surface area contributed by atoms with Gasteiger partial charge in [-0.25, -0.2) is 19.9 Å². The number of fused-ring (bicyclic) bond motifs is 6. The summed E-state index contributed by atoms with van der Waals surface area (Å²) < 4.78 is 0. The molecule has 2 aliphatic heterocycles. The van der Waals surface area contributed by atoms with E-state index >= 15 is 0 Å². The van der Waals surface area contributed by atoms with E-state index in [0.29, 0.717) is 23.4 Å². The van der Waals surface area contributed by atoms with E-state index in [0.717, 1.165) is 56.8 Å². The van der Waals surface area contributed by atoms with E-state index < -0.39 is 5.37 Å². The van der Waals surface area contributed by atoms with Crippen LogP contribution in [0.5, 0.6) is 0 Å². The Labute approximate surface area is 200 Å². The Morgan fingerprint density at radius 1 is 0.935 bits per heavy atom. The molecule has 0 aromatic carbocycles. The van der Waals surface area contributed by atoms with Crippen LogP contribution in [-0.4, -0.2) is 43.3 Å². The summed E-state index contributed by atoms with van der Waals surface area (Å²) >= 11 is 20.9. The molecule has 4 aromatic rings. The minimum absolute atomic E-state index is 0.412. The molecule has 2 aliphatic rings. The fourth-order valence-corrected chi connectivity index (χ4v) is 6.97. The van der Waals surface area contributed by atoms with E-state index in [9.17, 15) is 4.79 Å². The monoisotopic (exact) mass is 512 g/mol. The van der Waals surface area contributed by atoms with E-state index in [4.69, 9.17) is 34.8 Å². The summed E-state index contributed by atoms with van der Waals surface area (Å²) in [5.74, 6) is 0. The van der Waals surface area contributed by atoms with E-state index in [1.54, 1.807) is 27.6 Å². The first kappa shape index (κ1) is 21.2. The number of amides is 1. The molecule has 0 spiro atoms. The normalized spacial score (nSPS) is 15.4. The zero-order chi connectivity index (χ0) is 21.5. The molecule has 12 heteroatoms. The van der Waals surface area contributed by atoms with E-state index in [-0.39, 0.29) is 0 Å². The molecule has 0 unspecified atom stereocenters. The zero-order valence-electron chi connectivity index (χ0n) is 16.0. The van der Waals surface area contributed by atoms with Crippen molar-refractivity contribution in [2.24, 2.45) is 0 Å². The van der Waals surface area contributed by atoms with Gasteiger partial charge in [-0.05, 0) is 42.1 Å². The third kappa shape index (κ3) is 3.99. The second-order valence-corrected chi connectivity index (χ2v) is 10.3. The van der Waals surface area contributed by atoms with Crippen LogP contribution < -0.4 is 5.32 Å². The molecule has 0 atom stereocenters. The predicted molar refractivity (Wildman–Crippen MR) is 126 cm³/mol. The molecule has 0 aliphatic carbocycles. The lowest BCUT2D eigenvalue weighted by Gasteiger charge is -2.24. The molecule has 1 amide bonds. The fourth-order valence-electron chi connectivity index (χ4n) is 3.86. The van der Waals surface area contributed by atoms with Gasteiger partial charge in [0, 0.05) is 22.8 Å². The van der Waals surface area contributed by atoms with Crippen molar-refractivity contribution < 1.29 is 4.79 Å². The Morgan fingerprint density at radius 2 is 1.55 bits per heavy atom. The number of hydrogen-bond acceptors (Lipinski definition) is 8. The minimum atomic E-state index is -0.412. The second-order valence-electron chi connectivity index (χ2n) is 7.05. The van der Waals surface area contributed by atoms with Gasteiger partial charge in [0.2, 0.25) is 0 Å². The number of rotatable bonds is 0. The Balaban J connectivity index is 0.000000134. The maximum Gasteiger partial charge on any atom is 0.316 e. The SMILES string of the molecule is Clc1ncnc2sc3c(c12)CCNC3.O=C(Cl)N1CCc2c(sc3ncnc(Cl)c23)C1. The van der Waals surface area contributed by atoms with Crippen LogP contribution in [0.4, 0.5) is 4.79 Å². The minimum Gasteiger partial charge on any atom is -0.324 e. The first-order chi connectivity index (χ1) is 15.0. The summed E-state index contributed by atoms with van der Waals surface area (Å²) in [4.78, 5) is 33.6. The molecule has 6 heterocycles. The zero-order valence-corrected chi connectivity index (χ0v) is 19.9. The molecule has 4 aromatic heterocycles. The maximum absolute atomic E-state index is 11.1. The average Bonchev–Trinajstić information content (AvgIpc) is 3.33. The van der Waals surface area contributed by atoms with Crippen molar-refractivity contribution in [2.75, 3.05) is 13.1 Å². The van der Waals surface area contributed by atoms with E-state index in [2.05, 4.69) is 25.3 Å². The van der Waals surface area contributed by atoms with Gasteiger partial charge in [0.25, 0.3) is 0 Å². The van der Waals surface area contributed by atoms with Gasteiger partial charge in [-0.3, -0.25) is 4.79 Å². The van der Waals surface area contributed by atoms with Gasteiger partial charge in [-0.2, -0.15) is 0 Å². The van der Waals surface area contributed by atoms with Crippen molar-refractivity contribution in [1.82, 2.24) is 30.2 Å². The van der Waals surface area contributed by atoms with Crippen LogP contribution in [-0.2, 0) is 25.9 Å². The molecule has 31 heavy (non-hydrogen) atoms. The quantitative estimate of drug-likeness (QED) is 0.201.